The molecule has 0 radical (unpaired) electrons. The van der Waals surface area contributed by atoms with E-state index in [1.807, 2.05) is 73.1 Å². The zero-order valence-corrected chi connectivity index (χ0v) is 29.7. The Labute approximate surface area is 293 Å². The Morgan fingerprint density at radius 1 is 0.796 bits per heavy atom. The lowest BCUT2D eigenvalue weighted by Crippen LogP contribution is -2.39. The number of hydrogen-bond donors (Lipinski definition) is 2. The van der Waals surface area contributed by atoms with E-state index < -0.39 is 6.29 Å². The van der Waals surface area contributed by atoms with Gasteiger partial charge in [-0.2, -0.15) is 0 Å². The Balaban J connectivity index is 1.14. The molecule has 0 spiro atoms. The third kappa shape index (κ3) is 11.0. The average Bonchev–Trinajstić information content (AvgIpc) is 3.54. The first-order valence-corrected chi connectivity index (χ1v) is 18.9. The van der Waals surface area contributed by atoms with Gasteiger partial charge in [-0.1, -0.05) is 139 Å². The molecule has 1 aliphatic heterocycles. The maximum atomic E-state index is 12.9. The highest BCUT2D eigenvalue weighted by molar-refractivity contribution is 5.90. The van der Waals surface area contributed by atoms with Gasteiger partial charge in [-0.05, 0) is 41.8 Å². The monoisotopic (exact) mass is 667 g/mol. The van der Waals surface area contributed by atoms with Crippen molar-refractivity contribution in [3.8, 4) is 0 Å². The predicted octanol–water partition coefficient (Wildman–Crippen LogP) is 10.4. The molecule has 2 heterocycles. The number of para-hydroxylation sites is 2. The molecule has 4 atom stereocenters. The Hall–Kier alpha value is -3.52. The molecule has 0 bridgehead atoms. The summed E-state index contributed by atoms with van der Waals surface area (Å²) in [5.74, 6) is 0.0895. The number of carbonyl (C=O) groups excluding carboxylic acids is 1. The maximum Gasteiger partial charge on any atom is 0.224 e. The van der Waals surface area contributed by atoms with Gasteiger partial charge in [-0.15, -0.1) is 0 Å². The van der Waals surface area contributed by atoms with Crippen molar-refractivity contribution in [2.45, 2.75) is 135 Å². The van der Waals surface area contributed by atoms with Gasteiger partial charge in [0.15, 0.2) is 6.29 Å². The number of nitrogens with zero attached hydrogens (tertiary/aromatic N) is 2. The van der Waals surface area contributed by atoms with E-state index in [1.165, 1.54) is 70.6 Å². The molecule has 7 heteroatoms. The fourth-order valence-electron chi connectivity index (χ4n) is 6.97. The van der Waals surface area contributed by atoms with Crippen LogP contribution in [0, 0.1) is 5.92 Å². The molecule has 1 aliphatic rings. The van der Waals surface area contributed by atoms with Gasteiger partial charge < -0.3 is 24.5 Å². The summed E-state index contributed by atoms with van der Waals surface area (Å²) < 4.78 is 15.5. The van der Waals surface area contributed by atoms with Gasteiger partial charge >= 0.3 is 0 Å². The predicted molar refractivity (Wildman–Crippen MR) is 198 cm³/mol. The lowest BCUT2D eigenvalue weighted by molar-refractivity contribution is -0.276. The Kier molecular flexibility index (Phi) is 14.7. The van der Waals surface area contributed by atoms with Crippen molar-refractivity contribution in [3.63, 3.8) is 0 Å². The minimum Gasteiger partial charge on any atom is -0.392 e. The topological polar surface area (TPSA) is 85.6 Å². The van der Waals surface area contributed by atoms with E-state index in [0.29, 0.717) is 13.0 Å². The molecule has 1 fully saturated rings. The number of amides is 1. The number of anilines is 1. The van der Waals surface area contributed by atoms with Gasteiger partial charge in [-0.3, -0.25) is 4.79 Å². The average molecular weight is 668 g/mol. The lowest BCUT2D eigenvalue weighted by Gasteiger charge is -2.41. The van der Waals surface area contributed by atoms with Crippen molar-refractivity contribution in [2.75, 3.05) is 5.32 Å². The van der Waals surface area contributed by atoms with Crippen LogP contribution in [-0.4, -0.2) is 26.7 Å². The largest absolute Gasteiger partial charge is 0.392 e. The highest BCUT2D eigenvalue weighted by atomic mass is 16.7. The quantitative estimate of drug-likeness (QED) is 0.0916. The van der Waals surface area contributed by atoms with Crippen LogP contribution in [0.4, 0.5) is 5.69 Å². The zero-order chi connectivity index (χ0) is 34.3. The number of rotatable bonds is 20. The smallest absolute Gasteiger partial charge is 0.224 e. The molecular formula is C42H57N3O4. The second-order valence-corrected chi connectivity index (χ2v) is 13.9. The van der Waals surface area contributed by atoms with Crippen molar-refractivity contribution >= 4 is 22.6 Å². The standard InChI is InChI=1S/C42H57N3O4/c1-3-4-5-6-7-8-9-10-11-12-13-14-15-23-40(47)44-36-20-18-19-35(28-36)42-48-39(29-45-31-43-37-21-16-17-22-38(37)45)32(2)41(49-42)34-26-24-33(30-46)25-27-34/h16-22,24-28,31-32,39,41-42,46H,3-15,23,29-30H2,1-2H3,(H,44,47). The van der Waals surface area contributed by atoms with Crippen LogP contribution >= 0.6 is 0 Å². The third-order valence-corrected chi connectivity index (χ3v) is 9.98. The number of hydrogen-bond acceptors (Lipinski definition) is 5. The summed E-state index contributed by atoms with van der Waals surface area (Å²) in [5.41, 5.74) is 5.55. The Morgan fingerprint density at radius 3 is 2.16 bits per heavy atom. The summed E-state index contributed by atoms with van der Waals surface area (Å²) >= 11 is 0. The van der Waals surface area contributed by atoms with E-state index in [0.717, 1.165) is 46.3 Å². The molecule has 3 aromatic carbocycles. The molecule has 4 aromatic rings. The van der Waals surface area contributed by atoms with E-state index in [4.69, 9.17) is 9.47 Å². The van der Waals surface area contributed by atoms with Gasteiger partial charge in [-0.25, -0.2) is 4.98 Å². The first kappa shape index (κ1) is 36.8. The molecule has 0 aliphatic carbocycles. The maximum absolute atomic E-state index is 12.9. The van der Waals surface area contributed by atoms with Crippen molar-refractivity contribution in [1.29, 1.82) is 0 Å². The molecule has 2 N–H and O–H groups in total. The van der Waals surface area contributed by atoms with Gasteiger partial charge in [0, 0.05) is 23.6 Å². The minimum atomic E-state index is -0.614. The number of benzene rings is 3. The molecule has 1 amide bonds. The second kappa shape index (κ2) is 19.6. The highest BCUT2D eigenvalue weighted by Crippen LogP contribution is 2.42. The van der Waals surface area contributed by atoms with Crippen LogP contribution in [0.2, 0.25) is 0 Å². The molecule has 49 heavy (non-hydrogen) atoms. The van der Waals surface area contributed by atoms with Gasteiger partial charge in [0.25, 0.3) is 0 Å². The number of unbranched alkanes of at least 4 members (excludes halogenated alkanes) is 12. The summed E-state index contributed by atoms with van der Waals surface area (Å²) in [6.07, 6.45) is 18.2. The number of ether oxygens (including phenoxy) is 2. The SMILES string of the molecule is CCCCCCCCCCCCCCCC(=O)Nc1cccc(C2OC(Cn3cnc4ccccc43)C(C)C(c3ccc(CO)cc3)O2)c1. The normalized spacial score (nSPS) is 19.3. The van der Waals surface area contributed by atoms with Crippen LogP contribution in [0.3, 0.4) is 0 Å². The molecule has 1 saturated heterocycles. The number of fused-ring (bicyclic) bond motifs is 1. The van der Waals surface area contributed by atoms with E-state index in [2.05, 4.69) is 34.8 Å². The number of aliphatic hydroxyl groups is 1. The third-order valence-electron chi connectivity index (χ3n) is 9.98. The summed E-state index contributed by atoms with van der Waals surface area (Å²) in [5, 5.41) is 12.7. The van der Waals surface area contributed by atoms with Crippen LogP contribution in [0.25, 0.3) is 11.0 Å². The summed E-state index contributed by atoms with van der Waals surface area (Å²) in [4.78, 5) is 17.5. The zero-order valence-electron chi connectivity index (χ0n) is 29.7. The molecule has 5 rings (SSSR count). The minimum absolute atomic E-state index is 0.00128. The number of aliphatic hydroxyl groups excluding tert-OH is 1. The van der Waals surface area contributed by atoms with Crippen LogP contribution in [0.15, 0.2) is 79.1 Å². The molecule has 1 aromatic heterocycles. The van der Waals surface area contributed by atoms with Crippen molar-refractivity contribution in [2.24, 2.45) is 5.92 Å². The lowest BCUT2D eigenvalue weighted by atomic mass is 9.90. The first-order valence-electron chi connectivity index (χ1n) is 18.9. The number of imidazole rings is 1. The Bertz CT molecular complexity index is 1550. The molecule has 4 unspecified atom stereocenters. The number of nitrogens with one attached hydrogen (secondary N) is 1. The summed E-state index contributed by atoms with van der Waals surface area (Å²) in [7, 11) is 0. The summed E-state index contributed by atoms with van der Waals surface area (Å²) in [6.45, 7) is 5.06. The van der Waals surface area contributed by atoms with Gasteiger partial charge in [0.05, 0.1) is 42.7 Å². The summed E-state index contributed by atoms with van der Waals surface area (Å²) in [6, 6.07) is 23.9. The fraction of sp³-hybridized carbons (Fsp3) is 0.524. The van der Waals surface area contributed by atoms with Crippen molar-refractivity contribution in [3.05, 3.63) is 95.8 Å². The molecule has 264 valence electrons. The van der Waals surface area contributed by atoms with Crippen LogP contribution in [0.5, 0.6) is 0 Å². The van der Waals surface area contributed by atoms with Gasteiger partial charge in [0.1, 0.15) is 0 Å². The second-order valence-electron chi connectivity index (χ2n) is 13.9. The van der Waals surface area contributed by atoms with E-state index in [-0.39, 0.29) is 30.6 Å². The van der Waals surface area contributed by atoms with E-state index >= 15 is 0 Å². The van der Waals surface area contributed by atoms with E-state index in [9.17, 15) is 9.90 Å². The highest BCUT2D eigenvalue weighted by Gasteiger charge is 2.38. The molecule has 0 saturated carbocycles. The van der Waals surface area contributed by atoms with Crippen LogP contribution in [0.1, 0.15) is 133 Å². The fourth-order valence-corrected chi connectivity index (χ4v) is 6.97. The van der Waals surface area contributed by atoms with E-state index in [1.54, 1.807) is 0 Å². The first-order chi connectivity index (χ1) is 24.1. The number of carbonyl (C=O) groups is 1. The molecule has 7 nitrogen and oxygen atoms in total. The number of aromatic nitrogens is 2. The van der Waals surface area contributed by atoms with Gasteiger partial charge in [0.2, 0.25) is 5.91 Å². The van der Waals surface area contributed by atoms with Crippen LogP contribution < -0.4 is 5.32 Å². The van der Waals surface area contributed by atoms with Crippen molar-refractivity contribution in [1.82, 2.24) is 9.55 Å². The van der Waals surface area contributed by atoms with Crippen LogP contribution in [-0.2, 0) is 27.4 Å². The Morgan fingerprint density at radius 2 is 1.47 bits per heavy atom. The molecular weight excluding hydrogens is 610 g/mol. The van der Waals surface area contributed by atoms with Crippen molar-refractivity contribution < 1.29 is 19.4 Å².